The number of hydrogen-bond acceptors (Lipinski definition) is 1. The minimum atomic E-state index is -0.205. The monoisotopic (exact) mass is 243 g/mol. The van der Waals surface area contributed by atoms with Gasteiger partial charge in [-0.05, 0) is 42.2 Å². The zero-order valence-corrected chi connectivity index (χ0v) is 10.8. The van der Waals surface area contributed by atoms with Crippen LogP contribution in [0.25, 0.3) is 11.1 Å². The van der Waals surface area contributed by atoms with E-state index >= 15 is 0 Å². The first-order valence-electron chi connectivity index (χ1n) is 6.26. The molecule has 0 amide bonds. The van der Waals surface area contributed by atoms with Gasteiger partial charge in [0.15, 0.2) is 0 Å². The maximum absolute atomic E-state index is 13.9. The third-order valence-corrected chi connectivity index (χ3v) is 3.19. The second kappa shape index (κ2) is 5.32. The van der Waals surface area contributed by atoms with E-state index in [1.165, 1.54) is 11.6 Å². The van der Waals surface area contributed by atoms with Crippen molar-refractivity contribution in [2.45, 2.75) is 26.3 Å². The highest BCUT2D eigenvalue weighted by Crippen LogP contribution is 2.26. The molecule has 94 valence electrons. The molecule has 0 heterocycles. The van der Waals surface area contributed by atoms with Gasteiger partial charge in [-0.1, -0.05) is 37.3 Å². The first-order chi connectivity index (χ1) is 8.61. The number of nitrogens with two attached hydrogens (primary N) is 1. The Morgan fingerprint density at radius 1 is 1.11 bits per heavy atom. The predicted octanol–water partition coefficient (Wildman–Crippen LogP) is 4.07. The summed E-state index contributed by atoms with van der Waals surface area (Å²) in [4.78, 5) is 0. The molecule has 0 saturated carbocycles. The van der Waals surface area contributed by atoms with Crippen LogP contribution in [0.5, 0.6) is 0 Å². The minimum absolute atomic E-state index is 0.0840. The average Bonchev–Trinajstić information content (AvgIpc) is 2.39. The van der Waals surface area contributed by atoms with Crippen molar-refractivity contribution in [1.82, 2.24) is 0 Å². The van der Waals surface area contributed by atoms with E-state index in [-0.39, 0.29) is 11.9 Å². The van der Waals surface area contributed by atoms with Crippen molar-refractivity contribution in [3.05, 3.63) is 59.4 Å². The van der Waals surface area contributed by atoms with Crippen molar-refractivity contribution < 1.29 is 4.39 Å². The fraction of sp³-hybridized carbons (Fsp3) is 0.250. The normalized spacial score (nSPS) is 12.4. The van der Waals surface area contributed by atoms with Gasteiger partial charge in [0.1, 0.15) is 5.82 Å². The fourth-order valence-electron chi connectivity index (χ4n) is 1.97. The second-order valence-electron chi connectivity index (χ2n) is 4.58. The Balaban J connectivity index is 2.45. The zero-order valence-electron chi connectivity index (χ0n) is 10.8. The van der Waals surface area contributed by atoms with E-state index in [1.807, 2.05) is 37.3 Å². The Morgan fingerprint density at radius 3 is 2.33 bits per heavy atom. The topological polar surface area (TPSA) is 26.0 Å². The van der Waals surface area contributed by atoms with E-state index in [1.54, 1.807) is 6.07 Å². The molecule has 0 aromatic heterocycles. The van der Waals surface area contributed by atoms with Crippen LogP contribution in [0.2, 0.25) is 0 Å². The molecule has 0 aliphatic carbocycles. The maximum Gasteiger partial charge on any atom is 0.131 e. The van der Waals surface area contributed by atoms with Gasteiger partial charge in [-0.3, -0.25) is 0 Å². The Morgan fingerprint density at radius 2 is 1.78 bits per heavy atom. The first-order valence-corrected chi connectivity index (χ1v) is 6.26. The summed E-state index contributed by atoms with van der Waals surface area (Å²) < 4.78 is 13.9. The minimum Gasteiger partial charge on any atom is -0.324 e. The molecule has 0 aliphatic heterocycles. The van der Waals surface area contributed by atoms with Crippen LogP contribution in [0.1, 0.15) is 31.0 Å². The van der Waals surface area contributed by atoms with Gasteiger partial charge in [-0.2, -0.15) is 0 Å². The highest BCUT2D eigenvalue weighted by atomic mass is 19.1. The highest BCUT2D eigenvalue weighted by molar-refractivity contribution is 5.65. The second-order valence-corrected chi connectivity index (χ2v) is 4.58. The van der Waals surface area contributed by atoms with Gasteiger partial charge in [0, 0.05) is 11.6 Å². The van der Waals surface area contributed by atoms with Crippen LogP contribution in [-0.4, -0.2) is 0 Å². The molecule has 1 nitrogen and oxygen atoms in total. The van der Waals surface area contributed by atoms with Crippen molar-refractivity contribution in [2.75, 3.05) is 0 Å². The van der Waals surface area contributed by atoms with Crippen LogP contribution in [0.4, 0.5) is 4.39 Å². The van der Waals surface area contributed by atoms with Crippen LogP contribution >= 0.6 is 0 Å². The van der Waals surface area contributed by atoms with E-state index < -0.39 is 0 Å². The molecule has 0 radical (unpaired) electrons. The number of rotatable bonds is 3. The van der Waals surface area contributed by atoms with Crippen molar-refractivity contribution >= 4 is 0 Å². The summed E-state index contributed by atoms with van der Waals surface area (Å²) in [6.07, 6.45) is 0.989. The summed E-state index contributed by atoms with van der Waals surface area (Å²) in [7, 11) is 0. The molecule has 2 aromatic carbocycles. The third-order valence-electron chi connectivity index (χ3n) is 3.19. The van der Waals surface area contributed by atoms with Gasteiger partial charge in [-0.25, -0.2) is 4.39 Å². The maximum atomic E-state index is 13.9. The van der Waals surface area contributed by atoms with Gasteiger partial charge in [-0.15, -0.1) is 0 Å². The Labute approximate surface area is 107 Å². The first kappa shape index (κ1) is 12.8. The van der Waals surface area contributed by atoms with E-state index in [0.29, 0.717) is 5.56 Å². The summed E-state index contributed by atoms with van der Waals surface area (Å²) in [5, 5.41) is 0. The molecule has 0 aliphatic rings. The van der Waals surface area contributed by atoms with Crippen LogP contribution in [0.3, 0.4) is 0 Å². The number of hydrogen-bond donors (Lipinski definition) is 1. The Bertz CT molecular complexity index is 529. The van der Waals surface area contributed by atoms with Crippen molar-refractivity contribution in [1.29, 1.82) is 0 Å². The number of benzene rings is 2. The molecule has 0 spiro atoms. The smallest absolute Gasteiger partial charge is 0.131 e. The molecule has 18 heavy (non-hydrogen) atoms. The summed E-state index contributed by atoms with van der Waals surface area (Å²) in [5.74, 6) is -0.205. The molecule has 0 bridgehead atoms. The summed E-state index contributed by atoms with van der Waals surface area (Å²) in [5.41, 5.74) is 9.55. The lowest BCUT2D eigenvalue weighted by Crippen LogP contribution is -2.05. The standard InChI is InChI=1S/C16H18FN/c1-3-12-4-6-13(7-5-12)15-10-14(11(2)18)8-9-16(15)17/h4-11H,3,18H2,1-2H3. The molecule has 1 unspecified atom stereocenters. The molecule has 0 fully saturated rings. The SMILES string of the molecule is CCc1ccc(-c2cc(C(C)N)ccc2F)cc1. The Hall–Kier alpha value is -1.67. The number of aryl methyl sites for hydroxylation is 1. The highest BCUT2D eigenvalue weighted by Gasteiger charge is 2.08. The van der Waals surface area contributed by atoms with E-state index in [4.69, 9.17) is 5.73 Å². The van der Waals surface area contributed by atoms with Crippen LogP contribution < -0.4 is 5.73 Å². The third kappa shape index (κ3) is 2.59. The van der Waals surface area contributed by atoms with E-state index in [2.05, 4.69) is 6.92 Å². The predicted molar refractivity (Wildman–Crippen MR) is 73.8 cm³/mol. The quantitative estimate of drug-likeness (QED) is 0.863. The van der Waals surface area contributed by atoms with Crippen molar-refractivity contribution in [2.24, 2.45) is 5.73 Å². The van der Waals surface area contributed by atoms with Gasteiger partial charge >= 0.3 is 0 Å². The van der Waals surface area contributed by atoms with Gasteiger partial charge in [0.2, 0.25) is 0 Å². The molecule has 2 rings (SSSR count). The summed E-state index contributed by atoms with van der Waals surface area (Å²) in [6.45, 7) is 4.00. The fourth-order valence-corrected chi connectivity index (χ4v) is 1.97. The van der Waals surface area contributed by atoms with Gasteiger partial charge in [0.25, 0.3) is 0 Å². The molecule has 2 heteroatoms. The van der Waals surface area contributed by atoms with Crippen molar-refractivity contribution in [3.8, 4) is 11.1 Å². The number of halogens is 1. The zero-order chi connectivity index (χ0) is 13.1. The lowest BCUT2D eigenvalue weighted by atomic mass is 9.98. The molecular formula is C16H18FN. The van der Waals surface area contributed by atoms with Crippen molar-refractivity contribution in [3.63, 3.8) is 0 Å². The molecule has 0 saturated heterocycles. The Kier molecular flexibility index (Phi) is 3.78. The van der Waals surface area contributed by atoms with E-state index in [0.717, 1.165) is 17.5 Å². The van der Waals surface area contributed by atoms with Crippen LogP contribution in [0.15, 0.2) is 42.5 Å². The van der Waals surface area contributed by atoms with Crippen LogP contribution in [-0.2, 0) is 6.42 Å². The van der Waals surface area contributed by atoms with Crippen LogP contribution in [0, 0.1) is 5.82 Å². The molecule has 1 atom stereocenters. The molecule has 2 N–H and O–H groups in total. The summed E-state index contributed by atoms with van der Waals surface area (Å²) >= 11 is 0. The lowest BCUT2D eigenvalue weighted by Gasteiger charge is -2.10. The van der Waals surface area contributed by atoms with Gasteiger partial charge < -0.3 is 5.73 Å². The molecular weight excluding hydrogens is 225 g/mol. The van der Waals surface area contributed by atoms with E-state index in [9.17, 15) is 4.39 Å². The average molecular weight is 243 g/mol. The lowest BCUT2D eigenvalue weighted by molar-refractivity contribution is 0.629. The largest absolute Gasteiger partial charge is 0.324 e. The molecule has 2 aromatic rings. The van der Waals surface area contributed by atoms with Gasteiger partial charge in [0.05, 0.1) is 0 Å². The summed E-state index contributed by atoms with van der Waals surface area (Å²) in [6, 6.07) is 13.0.